The van der Waals surface area contributed by atoms with Gasteiger partial charge in [-0.2, -0.15) is 13.2 Å². The van der Waals surface area contributed by atoms with Crippen LogP contribution in [0.2, 0.25) is 0 Å². The zero-order valence-corrected chi connectivity index (χ0v) is 12.1. The Balaban J connectivity index is 2.43. The molecule has 0 unspecified atom stereocenters. The van der Waals surface area contributed by atoms with Gasteiger partial charge in [0.25, 0.3) is 0 Å². The summed E-state index contributed by atoms with van der Waals surface area (Å²) < 4.78 is 41.7. The Morgan fingerprint density at radius 2 is 2.11 bits per heavy atom. The molecule has 1 aromatic carbocycles. The fourth-order valence-electron chi connectivity index (χ4n) is 1.28. The molecule has 2 nitrogen and oxygen atoms in total. The van der Waals surface area contributed by atoms with Gasteiger partial charge in [-0.1, -0.05) is 6.07 Å². The Morgan fingerprint density at radius 3 is 2.67 bits per heavy atom. The van der Waals surface area contributed by atoms with Crippen LogP contribution >= 0.6 is 27.7 Å². The molecule has 0 fully saturated rings. The molecule has 1 aromatic rings. The van der Waals surface area contributed by atoms with Crippen LogP contribution in [0.3, 0.4) is 0 Å². The molecule has 0 saturated heterocycles. The molecule has 1 rings (SSSR count). The van der Waals surface area contributed by atoms with Gasteiger partial charge in [0, 0.05) is 12.3 Å². The molecular formula is C11H13BrF3NOS. The average Bonchev–Trinajstić information content (AvgIpc) is 2.26. The predicted molar refractivity (Wildman–Crippen MR) is 70.9 cm³/mol. The van der Waals surface area contributed by atoms with E-state index in [0.29, 0.717) is 5.75 Å². The van der Waals surface area contributed by atoms with Crippen LogP contribution in [0.5, 0.6) is 5.75 Å². The van der Waals surface area contributed by atoms with Gasteiger partial charge in [0.2, 0.25) is 0 Å². The summed E-state index contributed by atoms with van der Waals surface area (Å²) in [6, 6.07) is 5.49. The number of hydrogen-bond acceptors (Lipinski definition) is 3. The average molecular weight is 344 g/mol. The van der Waals surface area contributed by atoms with Crippen molar-refractivity contribution in [3.63, 3.8) is 0 Å². The van der Waals surface area contributed by atoms with Gasteiger partial charge in [-0.25, -0.2) is 0 Å². The van der Waals surface area contributed by atoms with E-state index in [1.807, 2.05) is 19.2 Å². The van der Waals surface area contributed by atoms with E-state index >= 15 is 0 Å². The first-order valence-corrected chi connectivity index (χ1v) is 6.97. The third-order valence-corrected chi connectivity index (χ3v) is 3.30. The lowest BCUT2D eigenvalue weighted by Gasteiger charge is -2.10. The standard InChI is InChI=1S/C11H13BrF3NOS/c1-16-7-8-2-3-10(9(12)6-8)17-4-5-18-11(13,14)15/h2-3,6,16H,4-5,7H2,1H3. The van der Waals surface area contributed by atoms with Crippen LogP contribution in [0.4, 0.5) is 13.2 Å². The van der Waals surface area contributed by atoms with Gasteiger partial charge in [0.05, 0.1) is 11.1 Å². The number of halogens is 4. The maximum Gasteiger partial charge on any atom is 0.441 e. The largest absolute Gasteiger partial charge is 0.492 e. The van der Waals surface area contributed by atoms with Crippen LogP contribution in [0.1, 0.15) is 5.56 Å². The van der Waals surface area contributed by atoms with Crippen molar-refractivity contribution in [1.29, 1.82) is 0 Å². The lowest BCUT2D eigenvalue weighted by atomic mass is 10.2. The zero-order chi connectivity index (χ0) is 13.6. The van der Waals surface area contributed by atoms with E-state index in [1.54, 1.807) is 6.07 Å². The molecule has 0 atom stereocenters. The van der Waals surface area contributed by atoms with E-state index in [4.69, 9.17) is 4.74 Å². The first-order chi connectivity index (χ1) is 8.42. The highest BCUT2D eigenvalue weighted by atomic mass is 79.9. The van der Waals surface area contributed by atoms with Crippen molar-refractivity contribution in [3.8, 4) is 5.75 Å². The zero-order valence-electron chi connectivity index (χ0n) is 9.68. The van der Waals surface area contributed by atoms with Crippen LogP contribution in [0.15, 0.2) is 22.7 Å². The summed E-state index contributed by atoms with van der Waals surface area (Å²) in [6.07, 6.45) is 0. The SMILES string of the molecule is CNCc1ccc(OCCSC(F)(F)F)c(Br)c1. The van der Waals surface area contributed by atoms with Crippen molar-refractivity contribution in [3.05, 3.63) is 28.2 Å². The molecule has 0 aliphatic rings. The maximum absolute atomic E-state index is 11.9. The van der Waals surface area contributed by atoms with Gasteiger partial charge in [-0.3, -0.25) is 0 Å². The number of ether oxygens (including phenoxy) is 1. The molecular weight excluding hydrogens is 331 g/mol. The third-order valence-electron chi connectivity index (χ3n) is 1.98. The summed E-state index contributed by atoms with van der Waals surface area (Å²) in [4.78, 5) is 0. The fraction of sp³-hybridized carbons (Fsp3) is 0.455. The van der Waals surface area contributed by atoms with Crippen molar-refractivity contribution in [2.75, 3.05) is 19.4 Å². The maximum atomic E-state index is 11.9. The lowest BCUT2D eigenvalue weighted by molar-refractivity contribution is -0.0329. The number of alkyl halides is 3. The van der Waals surface area contributed by atoms with Crippen molar-refractivity contribution in [2.45, 2.75) is 12.1 Å². The molecule has 0 aliphatic heterocycles. The number of hydrogen-bond donors (Lipinski definition) is 1. The Hall–Kier alpha value is -0.400. The second-order valence-electron chi connectivity index (χ2n) is 3.44. The van der Waals surface area contributed by atoms with Gasteiger partial charge in [0.15, 0.2) is 0 Å². The summed E-state index contributed by atoms with van der Waals surface area (Å²) in [5, 5.41) is 3.01. The molecule has 7 heteroatoms. The minimum absolute atomic E-state index is 0.0220. The highest BCUT2D eigenvalue weighted by Gasteiger charge is 2.27. The number of thioether (sulfide) groups is 1. The second kappa shape index (κ2) is 7.25. The van der Waals surface area contributed by atoms with E-state index in [-0.39, 0.29) is 24.1 Å². The molecule has 0 aromatic heterocycles. The van der Waals surface area contributed by atoms with Gasteiger partial charge in [-0.05, 0) is 52.4 Å². The van der Waals surface area contributed by atoms with Crippen molar-refractivity contribution in [1.82, 2.24) is 5.32 Å². The van der Waals surface area contributed by atoms with E-state index in [9.17, 15) is 13.2 Å². The van der Waals surface area contributed by atoms with Gasteiger partial charge in [0.1, 0.15) is 5.75 Å². The molecule has 0 heterocycles. The van der Waals surface area contributed by atoms with Crippen LogP contribution in [0.25, 0.3) is 0 Å². The van der Waals surface area contributed by atoms with E-state index in [2.05, 4.69) is 21.2 Å². The molecule has 0 amide bonds. The molecule has 0 saturated carbocycles. The van der Waals surface area contributed by atoms with Gasteiger partial charge >= 0.3 is 5.51 Å². The molecule has 0 bridgehead atoms. The minimum Gasteiger partial charge on any atom is -0.492 e. The third kappa shape index (κ3) is 5.97. The van der Waals surface area contributed by atoms with Crippen LogP contribution in [-0.2, 0) is 6.54 Å². The number of nitrogens with one attached hydrogen (secondary N) is 1. The molecule has 0 spiro atoms. The monoisotopic (exact) mass is 343 g/mol. The quantitative estimate of drug-likeness (QED) is 0.794. The topological polar surface area (TPSA) is 21.3 Å². The Kier molecular flexibility index (Phi) is 6.31. The molecule has 18 heavy (non-hydrogen) atoms. The Bertz CT molecular complexity index is 387. The summed E-state index contributed by atoms with van der Waals surface area (Å²) in [7, 11) is 1.84. The van der Waals surface area contributed by atoms with Gasteiger partial charge in [-0.15, -0.1) is 0 Å². The highest BCUT2D eigenvalue weighted by Crippen LogP contribution is 2.30. The smallest absolute Gasteiger partial charge is 0.441 e. The van der Waals surface area contributed by atoms with Crippen LogP contribution in [-0.4, -0.2) is 24.9 Å². The summed E-state index contributed by atoms with van der Waals surface area (Å²) >= 11 is 3.25. The fourth-order valence-corrected chi connectivity index (χ4v) is 2.22. The minimum atomic E-state index is -4.20. The molecule has 0 radical (unpaired) electrons. The Labute approximate surface area is 116 Å². The number of rotatable bonds is 6. The van der Waals surface area contributed by atoms with Gasteiger partial charge < -0.3 is 10.1 Å². The van der Waals surface area contributed by atoms with E-state index in [1.165, 1.54) is 0 Å². The van der Waals surface area contributed by atoms with Crippen LogP contribution < -0.4 is 10.1 Å². The van der Waals surface area contributed by atoms with Crippen molar-refractivity contribution >= 4 is 27.7 Å². The van der Waals surface area contributed by atoms with Crippen LogP contribution in [0, 0.1) is 0 Å². The van der Waals surface area contributed by atoms with Crippen molar-refractivity contribution in [2.24, 2.45) is 0 Å². The molecule has 102 valence electrons. The first kappa shape index (κ1) is 15.7. The Morgan fingerprint density at radius 1 is 1.39 bits per heavy atom. The lowest BCUT2D eigenvalue weighted by Crippen LogP contribution is -2.08. The van der Waals surface area contributed by atoms with Crippen molar-refractivity contribution < 1.29 is 17.9 Å². The van der Waals surface area contributed by atoms with E-state index in [0.717, 1.165) is 16.6 Å². The normalized spacial score (nSPS) is 11.6. The summed E-state index contributed by atoms with van der Waals surface area (Å²) in [6.45, 7) is 0.747. The number of benzene rings is 1. The highest BCUT2D eigenvalue weighted by molar-refractivity contribution is 9.10. The predicted octanol–water partition coefficient (Wildman–Crippen LogP) is 3.80. The summed E-state index contributed by atoms with van der Waals surface area (Å²) in [5.41, 5.74) is -3.13. The molecule has 1 N–H and O–H groups in total. The molecule has 0 aliphatic carbocycles. The van der Waals surface area contributed by atoms with E-state index < -0.39 is 5.51 Å². The summed E-state index contributed by atoms with van der Waals surface area (Å²) in [5.74, 6) is 0.437. The second-order valence-corrected chi connectivity index (χ2v) is 5.45. The first-order valence-electron chi connectivity index (χ1n) is 5.19.